The third kappa shape index (κ3) is 5.59. The summed E-state index contributed by atoms with van der Waals surface area (Å²) in [5.74, 6) is 8.53. The van der Waals surface area contributed by atoms with Crippen LogP contribution in [0.3, 0.4) is 0 Å². The third-order valence-electron chi connectivity index (χ3n) is 5.62. The van der Waals surface area contributed by atoms with E-state index < -0.39 is 20.8 Å². The van der Waals surface area contributed by atoms with Gasteiger partial charge in [-0.2, -0.15) is 0 Å². The molecule has 0 aromatic heterocycles. The molecule has 0 bridgehead atoms. The first kappa shape index (κ1) is 25.2. The first-order chi connectivity index (χ1) is 12.8. The van der Waals surface area contributed by atoms with Gasteiger partial charge in [0.05, 0.1) is 0 Å². The number of allylic oxidation sites excluding steroid dienone is 4. The summed E-state index contributed by atoms with van der Waals surface area (Å²) in [4.78, 5) is 0. The molecular weight excluding hydrogens is 462 g/mol. The van der Waals surface area contributed by atoms with Gasteiger partial charge >= 0.3 is 37.9 Å². The summed E-state index contributed by atoms with van der Waals surface area (Å²) in [5.41, 5.74) is 0.335. The second-order valence-corrected chi connectivity index (χ2v) is 13.8. The summed E-state index contributed by atoms with van der Waals surface area (Å²) in [5, 5.41) is 0. The van der Waals surface area contributed by atoms with Crippen molar-refractivity contribution in [2.24, 2.45) is 16.2 Å². The molecule has 0 nitrogen and oxygen atoms in total. The molecule has 2 saturated carbocycles. The molecule has 3 rings (SSSR count). The molecule has 10 radical (unpaired) electrons. The van der Waals surface area contributed by atoms with Crippen molar-refractivity contribution in [1.82, 2.24) is 0 Å². The first-order valence-electron chi connectivity index (χ1n) is 9.77. The van der Waals surface area contributed by atoms with Crippen LogP contribution in [0.1, 0.15) is 55.4 Å². The normalized spacial score (nSPS) is 23.6. The summed E-state index contributed by atoms with van der Waals surface area (Å²) in [6.45, 7) is 18.5. The van der Waals surface area contributed by atoms with Gasteiger partial charge in [-0.1, -0.05) is 79.7 Å². The topological polar surface area (TPSA) is 0 Å². The number of hydrogen-bond donors (Lipinski definition) is 0. The van der Waals surface area contributed by atoms with Gasteiger partial charge in [-0.25, -0.2) is 0 Å². The van der Waals surface area contributed by atoms with Crippen molar-refractivity contribution in [2.45, 2.75) is 55.4 Å². The molecule has 0 aromatic carbocycles. The molecule has 0 atom stereocenters. The fourth-order valence-corrected chi connectivity index (χ4v) is 3.84. The van der Waals surface area contributed by atoms with E-state index in [-0.39, 0.29) is 16.2 Å². The zero-order valence-corrected chi connectivity index (χ0v) is 22.3. The Balaban J connectivity index is 0.000000878. The Morgan fingerprint density at radius 3 is 1.54 bits per heavy atom. The van der Waals surface area contributed by atoms with Crippen LogP contribution in [0.25, 0.3) is 0 Å². The summed E-state index contributed by atoms with van der Waals surface area (Å²) < 4.78 is 0. The molecule has 0 N–H and O–H groups in total. The number of halogens is 2. The number of hydrogen-bond acceptors (Lipinski definition) is 0. The van der Waals surface area contributed by atoms with Gasteiger partial charge in [0.1, 0.15) is 0 Å². The van der Waals surface area contributed by atoms with E-state index in [1.54, 1.807) is 0 Å². The fraction of sp³-hybridized carbons (Fsp3) is 0.440. The minimum absolute atomic E-state index is 0.00734. The van der Waals surface area contributed by atoms with Crippen molar-refractivity contribution < 1.29 is 20.8 Å². The zero-order chi connectivity index (χ0) is 21.3. The minimum atomic E-state index is -0.826. The van der Waals surface area contributed by atoms with Crippen LogP contribution in [-0.4, -0.2) is 0 Å². The predicted molar refractivity (Wildman–Crippen MR) is 119 cm³/mol. The van der Waals surface area contributed by atoms with Crippen LogP contribution in [0.15, 0.2) is 24.3 Å². The van der Waals surface area contributed by atoms with Crippen LogP contribution in [-0.2, 0) is 20.8 Å². The van der Waals surface area contributed by atoms with Crippen LogP contribution < -0.4 is 0 Å². The van der Waals surface area contributed by atoms with E-state index in [1.165, 1.54) is 35.5 Å². The molecule has 0 saturated heterocycles. The summed E-state index contributed by atoms with van der Waals surface area (Å²) in [7, 11) is 9.87. The molecule has 148 valence electrons. The van der Waals surface area contributed by atoms with Crippen molar-refractivity contribution in [3.63, 3.8) is 0 Å². The third-order valence-corrected chi connectivity index (χ3v) is 5.62. The Hall–Kier alpha value is 0.943. The molecule has 3 aliphatic carbocycles. The van der Waals surface area contributed by atoms with E-state index in [9.17, 15) is 0 Å². The maximum absolute atomic E-state index is 4.93. The number of fused-ring (bicyclic) bond motifs is 1. The van der Waals surface area contributed by atoms with E-state index in [1.807, 2.05) is 0 Å². The van der Waals surface area contributed by atoms with E-state index >= 15 is 0 Å². The van der Waals surface area contributed by atoms with Gasteiger partial charge in [-0.3, -0.25) is 0 Å². The first-order valence-corrected chi connectivity index (χ1v) is 16.1. The number of rotatable bonds is 2. The average Bonchev–Trinajstić information content (AvgIpc) is 3.20. The van der Waals surface area contributed by atoms with Crippen LogP contribution in [0.5, 0.6) is 0 Å². The summed E-state index contributed by atoms with van der Waals surface area (Å²) in [6.07, 6.45) is 18.4. The average molecular weight is 495 g/mol. The van der Waals surface area contributed by atoms with E-state index in [0.717, 1.165) is 0 Å². The summed E-state index contributed by atoms with van der Waals surface area (Å²) >= 11 is -0.826. The standard InChI is InChI=1S/C25H32.2ClH.Zr/c1-23(2,3)17-13-14-18(15-17)25(7,8)22-16-21(24(4,5)6)19-11-9-10-12-20(19)22;;;/h9-16H,1-8H3;2*1H;/q;;;+4/p-2. The van der Waals surface area contributed by atoms with Crippen LogP contribution in [0.4, 0.5) is 0 Å². The van der Waals surface area contributed by atoms with Gasteiger partial charge in [0.25, 0.3) is 0 Å². The van der Waals surface area contributed by atoms with Crippen molar-refractivity contribution in [3.05, 3.63) is 85.5 Å². The van der Waals surface area contributed by atoms with Crippen molar-refractivity contribution in [1.29, 1.82) is 0 Å². The molecule has 0 heterocycles. The van der Waals surface area contributed by atoms with Crippen molar-refractivity contribution >= 4 is 17.0 Å². The molecular formula is C25H32Cl2Zr+2. The molecule has 0 spiro atoms. The monoisotopic (exact) mass is 492 g/mol. The molecule has 3 aliphatic rings. The van der Waals surface area contributed by atoms with Gasteiger partial charge in [0.2, 0.25) is 0 Å². The molecule has 0 aromatic rings. The fourth-order valence-electron chi connectivity index (χ4n) is 3.84. The van der Waals surface area contributed by atoms with Crippen molar-refractivity contribution in [2.75, 3.05) is 0 Å². The van der Waals surface area contributed by atoms with E-state index in [2.05, 4.69) is 105 Å². The van der Waals surface area contributed by atoms with Crippen LogP contribution in [0.2, 0.25) is 0 Å². The van der Waals surface area contributed by atoms with Crippen LogP contribution in [0, 0.1) is 77.4 Å². The molecule has 2 fully saturated rings. The maximum atomic E-state index is 4.93. The van der Waals surface area contributed by atoms with Gasteiger partial charge in [-0.15, -0.1) is 0 Å². The Labute approximate surface area is 194 Å². The Kier molecular flexibility index (Phi) is 8.65. The SMILES string of the molecule is CC(C)(C)[C]1[CH][CH][C](C(C)(C)[C]2[CH][C](C(C)(C)C)[C]3C=CC=C[C]32)[CH]1.[Cl][Zr+2][Cl]. The zero-order valence-electron chi connectivity index (χ0n) is 18.4. The second kappa shape index (κ2) is 9.61. The quantitative estimate of drug-likeness (QED) is 0.366. The Morgan fingerprint density at radius 2 is 1.11 bits per heavy atom. The van der Waals surface area contributed by atoms with Gasteiger partial charge in [0, 0.05) is 11.8 Å². The van der Waals surface area contributed by atoms with E-state index in [0.29, 0.717) is 0 Å². The molecule has 0 unspecified atom stereocenters. The van der Waals surface area contributed by atoms with Gasteiger partial charge in [0.15, 0.2) is 0 Å². The summed E-state index contributed by atoms with van der Waals surface area (Å²) in [6, 6.07) is 0. The molecule has 0 amide bonds. The second-order valence-electron chi connectivity index (χ2n) is 10.1. The van der Waals surface area contributed by atoms with Gasteiger partial charge in [-0.05, 0) is 65.6 Å². The Morgan fingerprint density at radius 1 is 0.643 bits per heavy atom. The molecule has 3 heteroatoms. The van der Waals surface area contributed by atoms with Crippen molar-refractivity contribution in [3.8, 4) is 0 Å². The van der Waals surface area contributed by atoms with E-state index in [4.69, 9.17) is 17.0 Å². The van der Waals surface area contributed by atoms with Crippen LogP contribution >= 0.6 is 17.0 Å². The molecule has 28 heavy (non-hydrogen) atoms. The Bertz CT molecular complexity index is 564. The molecule has 0 aliphatic heterocycles. The predicted octanol–water partition coefficient (Wildman–Crippen LogP) is 7.90. The van der Waals surface area contributed by atoms with Gasteiger partial charge < -0.3 is 0 Å².